The van der Waals surface area contributed by atoms with Crippen molar-refractivity contribution < 1.29 is 5.11 Å². The number of hydrogen-bond acceptors (Lipinski definition) is 2. The van der Waals surface area contributed by atoms with Crippen LogP contribution in [0.15, 0.2) is 60.8 Å². The minimum absolute atomic E-state index is 0.262. The molecule has 0 amide bonds. The van der Waals surface area contributed by atoms with E-state index in [1.54, 1.807) is 12.1 Å². The van der Waals surface area contributed by atoms with Crippen LogP contribution in [-0.2, 0) is 0 Å². The molecular formula is C15H11NO. The second-order valence-corrected chi connectivity index (χ2v) is 3.97. The van der Waals surface area contributed by atoms with Crippen molar-refractivity contribution in [3.63, 3.8) is 0 Å². The van der Waals surface area contributed by atoms with E-state index in [1.165, 1.54) is 0 Å². The Labute approximate surface area is 99.2 Å². The number of aromatic hydroxyl groups is 1. The largest absolute Gasteiger partial charge is 0.508 e. The third kappa shape index (κ3) is 1.85. The molecule has 0 aliphatic rings. The number of phenols is 1. The number of fused-ring (bicyclic) bond motifs is 1. The number of aromatic nitrogens is 1. The fourth-order valence-corrected chi connectivity index (χ4v) is 1.91. The lowest BCUT2D eigenvalue weighted by Crippen LogP contribution is -1.83. The molecule has 2 aromatic carbocycles. The zero-order valence-electron chi connectivity index (χ0n) is 9.17. The van der Waals surface area contributed by atoms with E-state index in [1.807, 2.05) is 42.6 Å². The molecule has 0 bridgehead atoms. The molecule has 82 valence electrons. The average Bonchev–Trinajstić information content (AvgIpc) is 2.38. The van der Waals surface area contributed by atoms with Crippen molar-refractivity contribution in [2.75, 3.05) is 0 Å². The molecule has 2 heteroatoms. The summed E-state index contributed by atoms with van der Waals surface area (Å²) in [7, 11) is 0. The van der Waals surface area contributed by atoms with Gasteiger partial charge in [-0.1, -0.05) is 36.4 Å². The molecule has 1 N–H and O–H groups in total. The van der Waals surface area contributed by atoms with Crippen LogP contribution in [-0.4, -0.2) is 10.1 Å². The summed E-state index contributed by atoms with van der Waals surface area (Å²) in [5, 5.41) is 11.7. The normalized spacial score (nSPS) is 10.6. The second kappa shape index (κ2) is 3.91. The molecule has 3 aromatic rings. The maximum Gasteiger partial charge on any atom is 0.116 e. The van der Waals surface area contributed by atoms with Crippen molar-refractivity contribution in [3.8, 4) is 17.0 Å². The first-order chi connectivity index (χ1) is 8.33. The fourth-order valence-electron chi connectivity index (χ4n) is 1.91. The van der Waals surface area contributed by atoms with Crippen LogP contribution in [0.3, 0.4) is 0 Å². The van der Waals surface area contributed by atoms with Crippen molar-refractivity contribution in [3.05, 3.63) is 60.8 Å². The molecule has 0 aliphatic heterocycles. The van der Waals surface area contributed by atoms with E-state index < -0.39 is 0 Å². The number of nitrogens with zero attached hydrogens (tertiary/aromatic N) is 1. The summed E-state index contributed by atoms with van der Waals surface area (Å²) < 4.78 is 0. The Bertz CT molecular complexity index is 676. The summed E-state index contributed by atoms with van der Waals surface area (Å²) >= 11 is 0. The Kier molecular flexibility index (Phi) is 2.26. The van der Waals surface area contributed by atoms with Gasteiger partial charge < -0.3 is 5.11 Å². The number of hydrogen-bond donors (Lipinski definition) is 1. The molecule has 1 aromatic heterocycles. The topological polar surface area (TPSA) is 33.1 Å². The molecule has 0 saturated carbocycles. The molecule has 0 spiro atoms. The van der Waals surface area contributed by atoms with E-state index in [9.17, 15) is 5.11 Å². The molecule has 0 unspecified atom stereocenters. The maximum atomic E-state index is 9.46. The van der Waals surface area contributed by atoms with Crippen molar-refractivity contribution in [2.24, 2.45) is 0 Å². The smallest absolute Gasteiger partial charge is 0.116 e. The van der Waals surface area contributed by atoms with Crippen LogP contribution in [0, 0.1) is 0 Å². The molecule has 0 saturated heterocycles. The van der Waals surface area contributed by atoms with Gasteiger partial charge in [0, 0.05) is 17.1 Å². The molecule has 3 rings (SSSR count). The van der Waals surface area contributed by atoms with Crippen molar-refractivity contribution in [1.82, 2.24) is 4.98 Å². The molecule has 0 radical (unpaired) electrons. The highest BCUT2D eigenvalue weighted by molar-refractivity contribution is 5.85. The van der Waals surface area contributed by atoms with E-state index in [0.29, 0.717) is 0 Å². The van der Waals surface area contributed by atoms with Crippen molar-refractivity contribution in [2.45, 2.75) is 0 Å². The van der Waals surface area contributed by atoms with E-state index in [2.05, 4.69) is 11.1 Å². The standard InChI is InChI=1S/C15H11NO/c17-14-7-3-6-12(8-14)15-9-11-4-1-2-5-13(11)10-16-15/h1-10,17H. The predicted octanol–water partition coefficient (Wildman–Crippen LogP) is 3.61. The summed E-state index contributed by atoms with van der Waals surface area (Å²) in [6, 6.07) is 17.3. The first-order valence-electron chi connectivity index (χ1n) is 5.47. The van der Waals surface area contributed by atoms with Crippen LogP contribution in [0.5, 0.6) is 5.75 Å². The number of phenolic OH excluding ortho intramolecular Hbond substituents is 1. The molecular weight excluding hydrogens is 210 g/mol. The summed E-state index contributed by atoms with van der Waals surface area (Å²) in [5.41, 5.74) is 1.80. The number of rotatable bonds is 1. The third-order valence-electron chi connectivity index (χ3n) is 2.77. The average molecular weight is 221 g/mol. The van der Waals surface area contributed by atoms with Crippen LogP contribution >= 0.6 is 0 Å². The summed E-state index contributed by atoms with van der Waals surface area (Å²) in [4.78, 5) is 4.41. The van der Waals surface area contributed by atoms with Gasteiger partial charge in [0.2, 0.25) is 0 Å². The highest BCUT2D eigenvalue weighted by Crippen LogP contribution is 2.24. The maximum absolute atomic E-state index is 9.46. The highest BCUT2D eigenvalue weighted by atomic mass is 16.3. The fraction of sp³-hybridized carbons (Fsp3) is 0. The Morgan fingerprint density at radius 2 is 1.65 bits per heavy atom. The molecule has 0 fully saturated rings. The molecule has 1 heterocycles. The first-order valence-corrected chi connectivity index (χ1v) is 5.47. The van der Waals surface area contributed by atoms with Crippen LogP contribution in [0.25, 0.3) is 22.0 Å². The number of benzene rings is 2. The van der Waals surface area contributed by atoms with Crippen LogP contribution in [0.4, 0.5) is 0 Å². The second-order valence-electron chi connectivity index (χ2n) is 3.97. The van der Waals surface area contributed by atoms with Gasteiger partial charge in [-0.3, -0.25) is 4.98 Å². The van der Waals surface area contributed by atoms with Gasteiger partial charge in [-0.15, -0.1) is 0 Å². The molecule has 17 heavy (non-hydrogen) atoms. The van der Waals surface area contributed by atoms with Gasteiger partial charge in [0.1, 0.15) is 5.75 Å². The van der Waals surface area contributed by atoms with Gasteiger partial charge in [0.25, 0.3) is 0 Å². The van der Waals surface area contributed by atoms with E-state index in [4.69, 9.17) is 0 Å². The first kappa shape index (κ1) is 9.85. The lowest BCUT2D eigenvalue weighted by atomic mass is 10.1. The predicted molar refractivity (Wildman–Crippen MR) is 68.8 cm³/mol. The van der Waals surface area contributed by atoms with Gasteiger partial charge in [-0.05, 0) is 23.6 Å². The lowest BCUT2D eigenvalue weighted by Gasteiger charge is -2.03. The zero-order chi connectivity index (χ0) is 11.7. The highest BCUT2D eigenvalue weighted by Gasteiger charge is 2.01. The Hall–Kier alpha value is -2.35. The monoisotopic (exact) mass is 221 g/mol. The number of pyridine rings is 1. The third-order valence-corrected chi connectivity index (χ3v) is 2.77. The van der Waals surface area contributed by atoms with Crippen LogP contribution < -0.4 is 0 Å². The summed E-state index contributed by atoms with van der Waals surface area (Å²) in [5.74, 6) is 0.262. The van der Waals surface area contributed by atoms with Gasteiger partial charge in [-0.2, -0.15) is 0 Å². The molecule has 0 aliphatic carbocycles. The lowest BCUT2D eigenvalue weighted by molar-refractivity contribution is 0.475. The quantitative estimate of drug-likeness (QED) is 0.681. The summed E-state index contributed by atoms with van der Waals surface area (Å²) in [6.45, 7) is 0. The van der Waals surface area contributed by atoms with Gasteiger partial charge in [0.15, 0.2) is 0 Å². The van der Waals surface area contributed by atoms with Crippen LogP contribution in [0.2, 0.25) is 0 Å². The van der Waals surface area contributed by atoms with E-state index >= 15 is 0 Å². The minimum Gasteiger partial charge on any atom is -0.508 e. The van der Waals surface area contributed by atoms with E-state index in [0.717, 1.165) is 22.0 Å². The zero-order valence-corrected chi connectivity index (χ0v) is 9.17. The van der Waals surface area contributed by atoms with Crippen molar-refractivity contribution in [1.29, 1.82) is 0 Å². The molecule has 2 nitrogen and oxygen atoms in total. The SMILES string of the molecule is Oc1cccc(-c2cc3ccccc3cn2)c1. The van der Waals surface area contributed by atoms with E-state index in [-0.39, 0.29) is 5.75 Å². The van der Waals surface area contributed by atoms with Gasteiger partial charge in [-0.25, -0.2) is 0 Å². The Morgan fingerprint density at radius 1 is 0.824 bits per heavy atom. The van der Waals surface area contributed by atoms with Crippen molar-refractivity contribution >= 4 is 10.8 Å². The molecule has 0 atom stereocenters. The Morgan fingerprint density at radius 3 is 2.47 bits per heavy atom. The van der Waals surface area contributed by atoms with Crippen LogP contribution in [0.1, 0.15) is 0 Å². The van der Waals surface area contributed by atoms with Gasteiger partial charge >= 0.3 is 0 Å². The van der Waals surface area contributed by atoms with Gasteiger partial charge in [0.05, 0.1) is 5.69 Å². The Balaban J connectivity index is 2.18. The summed E-state index contributed by atoms with van der Waals surface area (Å²) in [6.07, 6.45) is 1.86. The minimum atomic E-state index is 0.262.